The Kier molecular flexibility index (Phi) is 4.70. The zero-order chi connectivity index (χ0) is 18.7. The number of hydrogen-bond donors (Lipinski definition) is 2. The fourth-order valence-corrected chi connectivity index (χ4v) is 2.39. The molecule has 0 aliphatic carbocycles. The van der Waals surface area contributed by atoms with Crippen LogP contribution in [-0.2, 0) is 0 Å². The minimum Gasteiger partial charge on any atom is -0.338 e. The van der Waals surface area contributed by atoms with Gasteiger partial charge in [-0.05, 0) is 26.0 Å². The molecule has 0 unspecified atom stereocenters. The number of pyridine rings is 1. The molecule has 0 radical (unpaired) electrons. The number of carbonyl (C=O) groups excluding carboxylic acids is 1. The summed E-state index contributed by atoms with van der Waals surface area (Å²) in [7, 11) is 0. The van der Waals surface area contributed by atoms with Gasteiger partial charge in [-0.2, -0.15) is 0 Å². The zero-order valence-corrected chi connectivity index (χ0v) is 14.2. The van der Waals surface area contributed by atoms with Crippen LogP contribution in [0.15, 0.2) is 36.5 Å². The summed E-state index contributed by atoms with van der Waals surface area (Å²) in [5.41, 5.74) is 2.50. The summed E-state index contributed by atoms with van der Waals surface area (Å²) < 4.78 is 0. The topological polar surface area (TPSA) is 123 Å². The highest BCUT2D eigenvalue weighted by Gasteiger charge is 2.13. The first-order valence-corrected chi connectivity index (χ1v) is 7.92. The van der Waals surface area contributed by atoms with Gasteiger partial charge in [0.05, 0.1) is 16.8 Å². The summed E-state index contributed by atoms with van der Waals surface area (Å²) in [5, 5.41) is 16.3. The van der Waals surface area contributed by atoms with Crippen molar-refractivity contribution in [2.24, 2.45) is 0 Å². The fraction of sp³-hybridized carbons (Fsp3) is 0.176. The third-order valence-electron chi connectivity index (χ3n) is 3.69. The van der Waals surface area contributed by atoms with E-state index in [1.807, 2.05) is 6.92 Å². The lowest BCUT2D eigenvalue weighted by atomic mass is 10.1. The Hall–Kier alpha value is -3.62. The first-order valence-electron chi connectivity index (χ1n) is 7.92. The Bertz CT molecular complexity index is 1000. The molecule has 9 heteroatoms. The highest BCUT2D eigenvalue weighted by atomic mass is 16.6. The molecular formula is C17H16N6O3. The number of anilines is 1. The van der Waals surface area contributed by atoms with Crippen molar-refractivity contribution in [3.8, 4) is 11.3 Å². The van der Waals surface area contributed by atoms with Crippen molar-refractivity contribution in [3.05, 3.63) is 52.2 Å². The number of fused-ring (bicyclic) bond motifs is 1. The lowest BCUT2D eigenvalue weighted by Crippen LogP contribution is -2.28. The Labute approximate surface area is 148 Å². The number of urea groups is 1. The minimum atomic E-state index is -0.431. The van der Waals surface area contributed by atoms with Crippen LogP contribution in [0.3, 0.4) is 0 Å². The van der Waals surface area contributed by atoms with Crippen LogP contribution in [0.1, 0.15) is 12.5 Å². The molecule has 2 N–H and O–H groups in total. The summed E-state index contributed by atoms with van der Waals surface area (Å²) in [6.07, 6.45) is 1.54. The number of rotatable bonds is 4. The number of amides is 2. The number of hydrogen-bond acceptors (Lipinski definition) is 6. The average Bonchev–Trinajstić information content (AvgIpc) is 2.61. The number of nitro benzene ring substituents is 1. The third-order valence-corrected chi connectivity index (χ3v) is 3.69. The quantitative estimate of drug-likeness (QED) is 0.549. The molecule has 0 fully saturated rings. The van der Waals surface area contributed by atoms with Crippen molar-refractivity contribution >= 4 is 28.7 Å². The van der Waals surface area contributed by atoms with Crippen molar-refractivity contribution in [1.82, 2.24) is 20.3 Å². The Morgan fingerprint density at radius 3 is 2.77 bits per heavy atom. The van der Waals surface area contributed by atoms with E-state index in [1.165, 1.54) is 12.3 Å². The number of aromatic nitrogens is 3. The molecule has 0 aliphatic rings. The van der Waals surface area contributed by atoms with Gasteiger partial charge < -0.3 is 5.32 Å². The summed E-state index contributed by atoms with van der Waals surface area (Å²) in [5.74, 6) is 0.338. The summed E-state index contributed by atoms with van der Waals surface area (Å²) >= 11 is 0. The van der Waals surface area contributed by atoms with E-state index in [-0.39, 0.29) is 11.7 Å². The first kappa shape index (κ1) is 17.2. The van der Waals surface area contributed by atoms with Gasteiger partial charge in [0.1, 0.15) is 11.3 Å². The van der Waals surface area contributed by atoms with E-state index >= 15 is 0 Å². The van der Waals surface area contributed by atoms with Crippen LogP contribution in [-0.4, -0.2) is 32.5 Å². The van der Waals surface area contributed by atoms with E-state index in [1.54, 1.807) is 31.2 Å². The monoisotopic (exact) mass is 352 g/mol. The lowest BCUT2D eigenvalue weighted by molar-refractivity contribution is -0.385. The van der Waals surface area contributed by atoms with Gasteiger partial charge in [0, 0.05) is 23.7 Å². The number of nitro groups is 1. The predicted octanol–water partition coefficient (Wildman–Crippen LogP) is 3.05. The third kappa shape index (κ3) is 3.56. The number of nitrogens with zero attached hydrogens (tertiary/aromatic N) is 4. The van der Waals surface area contributed by atoms with Gasteiger partial charge in [-0.25, -0.2) is 14.8 Å². The van der Waals surface area contributed by atoms with E-state index in [0.29, 0.717) is 40.3 Å². The van der Waals surface area contributed by atoms with Crippen molar-refractivity contribution in [3.63, 3.8) is 0 Å². The molecule has 0 saturated carbocycles. The molecule has 2 aromatic heterocycles. The molecule has 0 saturated heterocycles. The molecule has 2 amide bonds. The second-order valence-corrected chi connectivity index (χ2v) is 5.54. The predicted molar refractivity (Wildman–Crippen MR) is 96.9 cm³/mol. The molecule has 0 aliphatic heterocycles. The highest BCUT2D eigenvalue weighted by Crippen LogP contribution is 2.26. The largest absolute Gasteiger partial charge is 0.338 e. The molecule has 9 nitrogen and oxygen atoms in total. The van der Waals surface area contributed by atoms with Crippen molar-refractivity contribution < 1.29 is 9.72 Å². The van der Waals surface area contributed by atoms with Crippen molar-refractivity contribution in [2.45, 2.75) is 13.8 Å². The van der Waals surface area contributed by atoms with Crippen LogP contribution >= 0.6 is 0 Å². The van der Waals surface area contributed by atoms with Crippen LogP contribution < -0.4 is 10.6 Å². The Morgan fingerprint density at radius 2 is 2.04 bits per heavy atom. The molecule has 0 atom stereocenters. The van der Waals surface area contributed by atoms with E-state index in [2.05, 4.69) is 25.6 Å². The van der Waals surface area contributed by atoms with E-state index in [4.69, 9.17) is 0 Å². The summed E-state index contributed by atoms with van der Waals surface area (Å²) in [6.45, 7) is 3.98. The number of nitrogens with one attached hydrogen (secondary N) is 2. The van der Waals surface area contributed by atoms with Crippen LogP contribution in [0.2, 0.25) is 0 Å². The maximum absolute atomic E-state index is 11.6. The SMILES string of the molecule is CCNC(=O)Nc1ccc2ncc(-c3ccc(C)c([N+](=O)[O-])c3)nc2n1. The van der Waals surface area contributed by atoms with Crippen LogP contribution in [0.25, 0.3) is 22.4 Å². The van der Waals surface area contributed by atoms with Gasteiger partial charge in [0.25, 0.3) is 5.69 Å². The van der Waals surface area contributed by atoms with Crippen molar-refractivity contribution in [2.75, 3.05) is 11.9 Å². The zero-order valence-electron chi connectivity index (χ0n) is 14.2. The molecule has 2 heterocycles. The molecule has 0 spiro atoms. The minimum absolute atomic E-state index is 0.0176. The van der Waals surface area contributed by atoms with Gasteiger partial charge in [0.2, 0.25) is 0 Å². The van der Waals surface area contributed by atoms with Crippen LogP contribution in [0.5, 0.6) is 0 Å². The number of carbonyl (C=O) groups is 1. The average molecular weight is 352 g/mol. The van der Waals surface area contributed by atoms with Crippen molar-refractivity contribution in [1.29, 1.82) is 0 Å². The summed E-state index contributed by atoms with van der Waals surface area (Å²) in [4.78, 5) is 35.3. The molecule has 1 aromatic carbocycles. The second kappa shape index (κ2) is 7.09. The number of benzene rings is 1. The van der Waals surface area contributed by atoms with E-state index < -0.39 is 4.92 Å². The fourth-order valence-electron chi connectivity index (χ4n) is 2.39. The van der Waals surface area contributed by atoms with E-state index in [9.17, 15) is 14.9 Å². The molecule has 0 bridgehead atoms. The standard InChI is InChI=1S/C17H16N6O3/c1-3-18-17(24)22-15-7-6-12-16(21-15)20-13(9-19-12)11-5-4-10(2)14(8-11)23(25)26/h4-9H,3H2,1-2H3,(H2,18,20,21,22,24). The lowest BCUT2D eigenvalue weighted by Gasteiger charge is -2.07. The molecular weight excluding hydrogens is 336 g/mol. The second-order valence-electron chi connectivity index (χ2n) is 5.54. The molecule has 3 aromatic rings. The van der Waals surface area contributed by atoms with Crippen LogP contribution in [0.4, 0.5) is 16.3 Å². The van der Waals surface area contributed by atoms with Gasteiger partial charge in [-0.15, -0.1) is 0 Å². The maximum Gasteiger partial charge on any atom is 0.320 e. The molecule has 26 heavy (non-hydrogen) atoms. The van der Waals surface area contributed by atoms with Gasteiger partial charge in [0.15, 0.2) is 5.65 Å². The maximum atomic E-state index is 11.6. The first-order chi connectivity index (χ1) is 12.5. The van der Waals surface area contributed by atoms with Gasteiger partial charge in [-0.1, -0.05) is 12.1 Å². The van der Waals surface area contributed by atoms with Crippen LogP contribution in [0, 0.1) is 17.0 Å². The number of aryl methyl sites for hydroxylation is 1. The normalized spacial score (nSPS) is 10.5. The smallest absolute Gasteiger partial charge is 0.320 e. The Balaban J connectivity index is 1.99. The molecule has 132 valence electrons. The van der Waals surface area contributed by atoms with Gasteiger partial charge >= 0.3 is 6.03 Å². The van der Waals surface area contributed by atoms with Gasteiger partial charge in [-0.3, -0.25) is 20.4 Å². The molecule has 3 rings (SSSR count). The summed E-state index contributed by atoms with van der Waals surface area (Å²) in [6, 6.07) is 7.83. The van der Waals surface area contributed by atoms with E-state index in [0.717, 1.165) is 0 Å². The highest BCUT2D eigenvalue weighted by molar-refractivity contribution is 5.89. The Morgan fingerprint density at radius 1 is 1.23 bits per heavy atom.